The van der Waals surface area contributed by atoms with Gasteiger partial charge in [0.2, 0.25) is 5.91 Å². The van der Waals surface area contributed by atoms with E-state index in [0.29, 0.717) is 11.0 Å². The number of carbonyl (C=O) groups is 1. The van der Waals surface area contributed by atoms with Gasteiger partial charge < -0.3 is 10.1 Å². The number of carbonyl (C=O) groups excluding carboxylic acids is 1. The summed E-state index contributed by atoms with van der Waals surface area (Å²) in [5.41, 5.74) is 1.64. The lowest BCUT2D eigenvalue weighted by atomic mass is 10.1. The van der Waals surface area contributed by atoms with E-state index in [1.54, 1.807) is 0 Å². The fraction of sp³-hybridized carbons (Fsp3) is 0.0741. The molecule has 5 aromatic rings. The summed E-state index contributed by atoms with van der Waals surface area (Å²) in [7, 11) is 0. The summed E-state index contributed by atoms with van der Waals surface area (Å²) in [5, 5.41) is 14.5. The van der Waals surface area contributed by atoms with Crippen LogP contribution in [0.15, 0.2) is 107 Å². The van der Waals surface area contributed by atoms with E-state index in [9.17, 15) is 4.79 Å². The molecule has 6 nitrogen and oxygen atoms in total. The first-order chi connectivity index (χ1) is 17.2. The van der Waals surface area contributed by atoms with E-state index in [1.165, 1.54) is 11.8 Å². The van der Waals surface area contributed by atoms with Gasteiger partial charge in [-0.15, -0.1) is 10.2 Å². The summed E-state index contributed by atoms with van der Waals surface area (Å²) in [5.74, 6) is 1.49. The molecule has 0 saturated heterocycles. The maximum atomic E-state index is 12.5. The van der Waals surface area contributed by atoms with Gasteiger partial charge >= 0.3 is 0 Å². The third-order valence-corrected chi connectivity index (χ3v) is 6.67. The molecule has 0 unspecified atom stereocenters. The predicted molar refractivity (Wildman–Crippen MR) is 143 cm³/mol. The van der Waals surface area contributed by atoms with Crippen LogP contribution in [0.4, 0.5) is 5.69 Å². The molecule has 0 fully saturated rings. The molecular weight excluding hydrogens is 524 g/mol. The van der Waals surface area contributed by atoms with E-state index < -0.39 is 0 Å². The number of aromatic nitrogens is 3. The zero-order valence-electron chi connectivity index (χ0n) is 18.6. The number of ether oxygens (including phenoxy) is 1. The van der Waals surface area contributed by atoms with E-state index in [4.69, 9.17) is 4.74 Å². The average molecular weight is 545 g/mol. The molecule has 1 aromatic heterocycles. The largest absolute Gasteiger partial charge is 0.486 e. The van der Waals surface area contributed by atoms with Crippen LogP contribution in [-0.2, 0) is 11.4 Å². The van der Waals surface area contributed by atoms with E-state index in [2.05, 4.69) is 43.6 Å². The van der Waals surface area contributed by atoms with Gasteiger partial charge in [0.05, 0.1) is 5.75 Å². The van der Waals surface area contributed by atoms with Crippen molar-refractivity contribution in [1.82, 2.24) is 14.8 Å². The second-order valence-electron chi connectivity index (χ2n) is 7.71. The molecule has 0 aliphatic rings. The van der Waals surface area contributed by atoms with Crippen molar-refractivity contribution in [3.05, 3.63) is 107 Å². The molecule has 1 heterocycles. The van der Waals surface area contributed by atoms with Crippen molar-refractivity contribution in [3.63, 3.8) is 0 Å². The summed E-state index contributed by atoms with van der Waals surface area (Å²) in [6.45, 7) is 0.241. The lowest BCUT2D eigenvalue weighted by Gasteiger charge is -2.11. The number of benzene rings is 4. The Morgan fingerprint density at radius 3 is 2.51 bits per heavy atom. The van der Waals surface area contributed by atoms with Crippen molar-refractivity contribution in [3.8, 4) is 11.4 Å². The standard InChI is InChI=1S/C27H21BrN4O2S/c28-21-9-6-10-22(16-21)29-26(33)18-35-27-31-30-25(32(27)23-11-2-1-3-12-23)17-34-24-14-13-19-7-4-5-8-20(19)15-24/h1-16H,17-18H2,(H,29,33). The lowest BCUT2D eigenvalue weighted by Crippen LogP contribution is -2.14. The number of fused-ring (bicyclic) bond motifs is 1. The van der Waals surface area contributed by atoms with Crippen LogP contribution >= 0.6 is 27.7 Å². The quantitative estimate of drug-likeness (QED) is 0.226. The number of nitrogens with one attached hydrogen (secondary N) is 1. The maximum Gasteiger partial charge on any atom is 0.234 e. The summed E-state index contributed by atoms with van der Waals surface area (Å²) in [6, 6.07) is 31.5. The molecule has 0 radical (unpaired) electrons. The fourth-order valence-electron chi connectivity index (χ4n) is 3.62. The number of hydrogen-bond donors (Lipinski definition) is 1. The molecule has 5 rings (SSSR count). The van der Waals surface area contributed by atoms with E-state index in [0.717, 1.165) is 32.4 Å². The number of nitrogens with zero attached hydrogens (tertiary/aromatic N) is 3. The Morgan fingerprint density at radius 1 is 0.886 bits per heavy atom. The second-order valence-corrected chi connectivity index (χ2v) is 9.57. The fourth-order valence-corrected chi connectivity index (χ4v) is 4.79. The molecule has 1 amide bonds. The van der Waals surface area contributed by atoms with Crippen LogP contribution in [0.5, 0.6) is 5.75 Å². The average Bonchev–Trinajstić information content (AvgIpc) is 3.29. The monoisotopic (exact) mass is 544 g/mol. The summed E-state index contributed by atoms with van der Waals surface area (Å²) in [4.78, 5) is 12.5. The SMILES string of the molecule is O=C(CSc1nnc(COc2ccc3ccccc3c2)n1-c1ccccc1)Nc1cccc(Br)c1. The molecule has 0 atom stereocenters. The Morgan fingerprint density at radius 2 is 1.69 bits per heavy atom. The van der Waals surface area contributed by atoms with Gasteiger partial charge in [-0.1, -0.05) is 82.3 Å². The van der Waals surface area contributed by atoms with Crippen LogP contribution in [0, 0.1) is 0 Å². The molecule has 0 spiro atoms. The smallest absolute Gasteiger partial charge is 0.234 e. The van der Waals surface area contributed by atoms with Gasteiger partial charge in [-0.25, -0.2) is 0 Å². The lowest BCUT2D eigenvalue weighted by molar-refractivity contribution is -0.113. The van der Waals surface area contributed by atoms with Crippen LogP contribution in [0.2, 0.25) is 0 Å². The van der Waals surface area contributed by atoms with Gasteiger partial charge in [0, 0.05) is 15.8 Å². The Balaban J connectivity index is 1.32. The van der Waals surface area contributed by atoms with Crippen LogP contribution in [0.25, 0.3) is 16.5 Å². The summed E-state index contributed by atoms with van der Waals surface area (Å²) >= 11 is 4.75. The molecule has 0 aliphatic carbocycles. The highest BCUT2D eigenvalue weighted by atomic mass is 79.9. The van der Waals surface area contributed by atoms with E-state index in [-0.39, 0.29) is 18.3 Å². The zero-order valence-corrected chi connectivity index (χ0v) is 21.0. The normalized spacial score (nSPS) is 10.9. The molecule has 1 N–H and O–H groups in total. The van der Waals surface area contributed by atoms with Crippen LogP contribution in [0.3, 0.4) is 0 Å². The maximum absolute atomic E-state index is 12.5. The highest BCUT2D eigenvalue weighted by Gasteiger charge is 2.17. The minimum Gasteiger partial charge on any atom is -0.486 e. The van der Waals surface area contributed by atoms with Crippen LogP contribution in [-0.4, -0.2) is 26.4 Å². The minimum atomic E-state index is -0.121. The number of anilines is 1. The van der Waals surface area contributed by atoms with Crippen molar-refractivity contribution in [1.29, 1.82) is 0 Å². The van der Waals surface area contributed by atoms with E-state index >= 15 is 0 Å². The van der Waals surface area contributed by atoms with Gasteiger partial charge in [-0.2, -0.15) is 0 Å². The Labute approximate surface area is 215 Å². The first-order valence-electron chi connectivity index (χ1n) is 11.0. The zero-order chi connectivity index (χ0) is 24.0. The van der Waals surface area contributed by atoms with Crippen molar-refractivity contribution in [2.45, 2.75) is 11.8 Å². The first kappa shape index (κ1) is 23.1. The summed E-state index contributed by atoms with van der Waals surface area (Å²) in [6.07, 6.45) is 0. The summed E-state index contributed by atoms with van der Waals surface area (Å²) < 4.78 is 8.91. The molecule has 174 valence electrons. The molecule has 0 saturated carbocycles. The number of amides is 1. The molecule has 8 heteroatoms. The number of thioether (sulfide) groups is 1. The topological polar surface area (TPSA) is 69.0 Å². The highest BCUT2D eigenvalue weighted by Crippen LogP contribution is 2.25. The molecular formula is C27H21BrN4O2S. The third-order valence-electron chi connectivity index (χ3n) is 5.24. The number of para-hydroxylation sites is 1. The Hall–Kier alpha value is -3.62. The molecule has 0 bridgehead atoms. The number of hydrogen-bond acceptors (Lipinski definition) is 5. The minimum absolute atomic E-state index is 0.121. The third kappa shape index (κ3) is 5.72. The van der Waals surface area contributed by atoms with Crippen molar-refractivity contribution in [2.75, 3.05) is 11.1 Å². The van der Waals surface area contributed by atoms with Gasteiger partial charge in [0.1, 0.15) is 12.4 Å². The highest BCUT2D eigenvalue weighted by molar-refractivity contribution is 9.10. The Kier molecular flexibility index (Phi) is 7.11. The van der Waals surface area contributed by atoms with E-state index in [1.807, 2.05) is 89.5 Å². The van der Waals surface area contributed by atoms with Gasteiger partial charge in [-0.3, -0.25) is 9.36 Å². The van der Waals surface area contributed by atoms with Crippen molar-refractivity contribution < 1.29 is 9.53 Å². The van der Waals surface area contributed by atoms with Gasteiger partial charge in [0.25, 0.3) is 0 Å². The van der Waals surface area contributed by atoms with Gasteiger partial charge in [-0.05, 0) is 53.2 Å². The second kappa shape index (κ2) is 10.8. The van der Waals surface area contributed by atoms with Crippen LogP contribution < -0.4 is 10.1 Å². The van der Waals surface area contributed by atoms with Crippen molar-refractivity contribution in [2.24, 2.45) is 0 Å². The molecule has 0 aliphatic heterocycles. The van der Waals surface area contributed by atoms with Crippen LogP contribution in [0.1, 0.15) is 5.82 Å². The Bertz CT molecular complexity index is 1470. The molecule has 35 heavy (non-hydrogen) atoms. The number of halogens is 1. The van der Waals surface area contributed by atoms with Gasteiger partial charge in [0.15, 0.2) is 11.0 Å². The molecule has 4 aromatic carbocycles. The van der Waals surface area contributed by atoms with Crippen molar-refractivity contribution >= 4 is 50.1 Å². The predicted octanol–water partition coefficient (Wildman–Crippen LogP) is 6.49. The number of rotatable bonds is 8. The first-order valence-corrected chi connectivity index (χ1v) is 12.7.